The van der Waals surface area contributed by atoms with Crippen LogP contribution < -0.4 is 14.2 Å². The Hall–Kier alpha value is -4.27. The van der Waals surface area contributed by atoms with Crippen LogP contribution in [0.3, 0.4) is 0 Å². The maximum atomic E-state index is 13.0. The Morgan fingerprint density at radius 3 is 2.00 bits per heavy atom. The number of imide groups is 1. The van der Waals surface area contributed by atoms with Gasteiger partial charge in [0.2, 0.25) is 5.75 Å². The summed E-state index contributed by atoms with van der Waals surface area (Å²) in [5.74, 6) is -0.557. The molecule has 2 heterocycles. The molecule has 0 fully saturated rings. The highest BCUT2D eigenvalue weighted by Gasteiger charge is 2.36. The topological polar surface area (TPSA) is 96.3 Å². The van der Waals surface area contributed by atoms with Crippen molar-refractivity contribution in [2.24, 2.45) is 0 Å². The molecule has 0 radical (unpaired) electrons. The Bertz CT molecular complexity index is 1270. The number of esters is 1. The molecule has 0 aliphatic carbocycles. The third-order valence-corrected chi connectivity index (χ3v) is 5.79. The van der Waals surface area contributed by atoms with Gasteiger partial charge in [-0.25, -0.2) is 4.79 Å². The van der Waals surface area contributed by atoms with Gasteiger partial charge in [-0.2, -0.15) is 0 Å². The predicted molar refractivity (Wildman–Crippen MR) is 122 cm³/mol. The van der Waals surface area contributed by atoms with Crippen molar-refractivity contribution >= 4 is 17.8 Å². The van der Waals surface area contributed by atoms with Crippen LogP contribution >= 0.6 is 0 Å². The fourth-order valence-corrected chi connectivity index (χ4v) is 4.21. The number of rotatable bonds is 7. The van der Waals surface area contributed by atoms with E-state index in [2.05, 4.69) is 0 Å². The Morgan fingerprint density at radius 1 is 0.853 bits per heavy atom. The van der Waals surface area contributed by atoms with Crippen LogP contribution in [0.5, 0.6) is 17.2 Å². The second-order valence-corrected chi connectivity index (χ2v) is 7.58. The van der Waals surface area contributed by atoms with E-state index < -0.39 is 5.97 Å². The Morgan fingerprint density at radius 2 is 1.47 bits per heavy atom. The molecule has 3 aromatic rings. The van der Waals surface area contributed by atoms with Crippen molar-refractivity contribution in [3.63, 3.8) is 0 Å². The number of carbonyl (C=O) groups is 3. The Labute approximate surface area is 196 Å². The zero-order chi connectivity index (χ0) is 24.6. The minimum absolute atomic E-state index is 0.0156. The molecule has 176 valence electrons. The van der Waals surface area contributed by atoms with Crippen molar-refractivity contribution < 1.29 is 33.3 Å². The summed E-state index contributed by atoms with van der Waals surface area (Å²) in [7, 11) is 5.64. The van der Waals surface area contributed by atoms with Gasteiger partial charge in [-0.05, 0) is 31.2 Å². The molecule has 0 saturated heterocycles. The SMILES string of the molecule is COC(=O)c1cc(OC)c(OC)c(OC)c1-n1c(C)ccc1CN1C(=O)c2ccccc2C1=O. The summed E-state index contributed by atoms with van der Waals surface area (Å²) in [6.07, 6.45) is 0. The third-order valence-electron chi connectivity index (χ3n) is 5.79. The summed E-state index contributed by atoms with van der Waals surface area (Å²) in [5.41, 5.74) is 2.56. The number of amides is 2. The molecule has 4 rings (SSSR count). The molecule has 9 heteroatoms. The number of nitrogens with zero attached hydrogens (tertiary/aromatic N) is 2. The van der Waals surface area contributed by atoms with Crippen LogP contribution in [0.25, 0.3) is 5.69 Å². The maximum absolute atomic E-state index is 13.0. The van der Waals surface area contributed by atoms with E-state index in [1.54, 1.807) is 34.9 Å². The number of ether oxygens (including phenoxy) is 4. The highest BCUT2D eigenvalue weighted by Crippen LogP contribution is 2.45. The smallest absolute Gasteiger partial charge is 0.340 e. The van der Waals surface area contributed by atoms with E-state index >= 15 is 0 Å². The van der Waals surface area contributed by atoms with Gasteiger partial charge in [-0.3, -0.25) is 14.5 Å². The molecule has 1 aliphatic rings. The molecule has 0 atom stereocenters. The average Bonchev–Trinajstić information content (AvgIpc) is 3.34. The fourth-order valence-electron chi connectivity index (χ4n) is 4.21. The molecule has 0 bridgehead atoms. The number of carbonyl (C=O) groups excluding carboxylic acids is 3. The lowest BCUT2D eigenvalue weighted by Gasteiger charge is -2.23. The second kappa shape index (κ2) is 8.93. The van der Waals surface area contributed by atoms with Gasteiger partial charge in [0.25, 0.3) is 11.8 Å². The molecule has 1 aliphatic heterocycles. The number of aromatic nitrogens is 1. The fraction of sp³-hybridized carbons (Fsp3) is 0.240. The van der Waals surface area contributed by atoms with E-state index in [1.165, 1.54) is 39.4 Å². The molecule has 34 heavy (non-hydrogen) atoms. The molecule has 0 saturated carbocycles. The van der Waals surface area contributed by atoms with Gasteiger partial charge in [-0.1, -0.05) is 12.1 Å². The van der Waals surface area contributed by atoms with Crippen molar-refractivity contribution in [1.29, 1.82) is 0 Å². The van der Waals surface area contributed by atoms with Gasteiger partial charge >= 0.3 is 5.97 Å². The van der Waals surface area contributed by atoms with Crippen LogP contribution in [0.15, 0.2) is 42.5 Å². The van der Waals surface area contributed by atoms with E-state index in [9.17, 15) is 14.4 Å². The number of aryl methyl sites for hydroxylation is 1. The van der Waals surface area contributed by atoms with E-state index in [4.69, 9.17) is 18.9 Å². The van der Waals surface area contributed by atoms with Crippen molar-refractivity contribution in [1.82, 2.24) is 9.47 Å². The summed E-state index contributed by atoms with van der Waals surface area (Å²) >= 11 is 0. The van der Waals surface area contributed by atoms with Gasteiger partial charge in [0, 0.05) is 17.5 Å². The van der Waals surface area contributed by atoms with Crippen LogP contribution in [0.1, 0.15) is 42.5 Å². The van der Waals surface area contributed by atoms with Crippen molar-refractivity contribution in [2.75, 3.05) is 28.4 Å². The molecule has 9 nitrogen and oxygen atoms in total. The molecule has 0 spiro atoms. The largest absolute Gasteiger partial charge is 0.493 e. The zero-order valence-electron chi connectivity index (χ0n) is 19.5. The Balaban J connectivity index is 1.90. The number of hydrogen-bond donors (Lipinski definition) is 0. The summed E-state index contributed by atoms with van der Waals surface area (Å²) in [6, 6.07) is 11.8. The maximum Gasteiger partial charge on any atom is 0.340 e. The minimum atomic E-state index is -0.617. The molecule has 1 aromatic heterocycles. The summed E-state index contributed by atoms with van der Waals surface area (Å²) in [6.45, 7) is 1.82. The van der Waals surface area contributed by atoms with Gasteiger partial charge in [0.05, 0.1) is 51.7 Å². The molecule has 2 amide bonds. The third kappa shape index (κ3) is 3.45. The molecular weight excluding hydrogens is 440 g/mol. The lowest BCUT2D eigenvalue weighted by Crippen LogP contribution is -2.30. The summed E-state index contributed by atoms with van der Waals surface area (Å²) in [4.78, 5) is 39.9. The first-order valence-electron chi connectivity index (χ1n) is 10.4. The van der Waals surface area contributed by atoms with Crippen molar-refractivity contribution in [3.05, 3.63) is 70.5 Å². The Kier molecular flexibility index (Phi) is 6.02. The number of hydrogen-bond acceptors (Lipinski definition) is 7. The quantitative estimate of drug-likeness (QED) is 0.391. The number of fused-ring (bicyclic) bond motifs is 1. The van der Waals surface area contributed by atoms with E-state index in [1.807, 2.05) is 13.0 Å². The average molecular weight is 464 g/mol. The first-order chi connectivity index (χ1) is 16.4. The lowest BCUT2D eigenvalue weighted by atomic mass is 10.1. The first-order valence-corrected chi connectivity index (χ1v) is 10.4. The minimum Gasteiger partial charge on any atom is -0.493 e. The van der Waals surface area contributed by atoms with Gasteiger partial charge in [0.15, 0.2) is 11.5 Å². The van der Waals surface area contributed by atoms with E-state index in [-0.39, 0.29) is 41.2 Å². The molecule has 0 unspecified atom stereocenters. The number of benzene rings is 2. The first kappa shape index (κ1) is 22.9. The summed E-state index contributed by atoms with van der Waals surface area (Å²) in [5, 5.41) is 0. The van der Waals surface area contributed by atoms with Crippen LogP contribution in [-0.2, 0) is 11.3 Å². The number of methoxy groups -OCH3 is 4. The monoisotopic (exact) mass is 464 g/mol. The van der Waals surface area contributed by atoms with Crippen LogP contribution in [0.4, 0.5) is 0 Å². The highest BCUT2D eigenvalue weighted by molar-refractivity contribution is 6.21. The predicted octanol–water partition coefficient (Wildman–Crippen LogP) is 3.39. The van der Waals surface area contributed by atoms with Gasteiger partial charge in [-0.15, -0.1) is 0 Å². The molecular formula is C25H24N2O7. The van der Waals surface area contributed by atoms with Crippen LogP contribution in [0.2, 0.25) is 0 Å². The van der Waals surface area contributed by atoms with Crippen molar-refractivity contribution in [2.45, 2.75) is 13.5 Å². The normalized spacial score (nSPS) is 12.6. The molecule has 0 N–H and O–H groups in total. The zero-order valence-corrected chi connectivity index (χ0v) is 19.5. The van der Waals surface area contributed by atoms with E-state index in [0.29, 0.717) is 22.5 Å². The molecule has 2 aromatic carbocycles. The van der Waals surface area contributed by atoms with Gasteiger partial charge < -0.3 is 23.5 Å². The second-order valence-electron chi connectivity index (χ2n) is 7.58. The van der Waals surface area contributed by atoms with E-state index in [0.717, 1.165) is 5.69 Å². The highest BCUT2D eigenvalue weighted by atomic mass is 16.5. The standard InChI is InChI=1S/C25H24N2O7/c1-14-10-11-15(13-26-23(28)16-8-6-7-9-17(16)24(26)29)27(14)20-18(25(30)34-5)12-19(31-2)21(32-3)22(20)33-4/h6-12H,13H2,1-5H3. The van der Waals surface area contributed by atoms with Crippen LogP contribution in [0, 0.1) is 6.92 Å². The van der Waals surface area contributed by atoms with Gasteiger partial charge in [0.1, 0.15) is 5.69 Å². The van der Waals surface area contributed by atoms with Crippen molar-refractivity contribution in [3.8, 4) is 22.9 Å². The summed E-state index contributed by atoms with van der Waals surface area (Å²) < 4.78 is 23.3. The van der Waals surface area contributed by atoms with Crippen LogP contribution in [-0.4, -0.2) is 55.7 Å². The lowest BCUT2D eigenvalue weighted by molar-refractivity contribution is 0.0595.